The molecule has 0 aliphatic rings. The molecule has 0 aliphatic carbocycles. The lowest BCUT2D eigenvalue weighted by molar-refractivity contribution is 1.18. The molecule has 0 unspecified atom stereocenters. The van der Waals surface area contributed by atoms with Crippen LogP contribution < -0.4 is 0 Å². The summed E-state index contributed by atoms with van der Waals surface area (Å²) in [7, 11) is 0. The third-order valence-corrected chi connectivity index (χ3v) is 14.0. The Hall–Kier alpha value is -8.92. The molecule has 0 saturated heterocycles. The monoisotopic (exact) mass is 849 g/mol. The van der Waals surface area contributed by atoms with E-state index in [0.717, 1.165) is 72.5 Å². The fourth-order valence-electron chi connectivity index (χ4n) is 10.9. The molecule has 14 rings (SSSR count). The molecule has 67 heavy (non-hydrogen) atoms. The Morgan fingerprint density at radius 3 is 0.985 bits per heavy atom. The van der Waals surface area contributed by atoms with Crippen LogP contribution >= 0.6 is 0 Å². The van der Waals surface area contributed by atoms with Crippen LogP contribution in [0.2, 0.25) is 0 Å². The zero-order chi connectivity index (χ0) is 44.0. The van der Waals surface area contributed by atoms with Gasteiger partial charge in [-0.05, 0) is 115 Å². The average molecular weight is 850 g/mol. The Labute approximate surface area is 386 Å². The van der Waals surface area contributed by atoms with Crippen molar-refractivity contribution < 1.29 is 0 Å². The van der Waals surface area contributed by atoms with E-state index in [-0.39, 0.29) is 0 Å². The van der Waals surface area contributed by atoms with Crippen LogP contribution in [0.25, 0.3) is 137 Å². The summed E-state index contributed by atoms with van der Waals surface area (Å²) in [6, 6.07) is 85.7. The fraction of sp³-hybridized carbons (Fsp3) is 0. The third-order valence-electron chi connectivity index (χ3n) is 14.0. The largest absolute Gasteiger partial charge is 0.309 e. The van der Waals surface area contributed by atoms with Gasteiger partial charge >= 0.3 is 0 Å². The predicted octanol–water partition coefficient (Wildman–Crippen LogP) is 17.2. The lowest BCUT2D eigenvalue weighted by Gasteiger charge is -2.14. The van der Waals surface area contributed by atoms with E-state index >= 15 is 0 Å². The fourth-order valence-corrected chi connectivity index (χ4v) is 10.9. The first kappa shape index (κ1) is 37.5. The van der Waals surface area contributed by atoms with E-state index in [4.69, 9.17) is 9.97 Å². The highest BCUT2D eigenvalue weighted by Gasteiger charge is 2.19. The molecule has 0 aliphatic heterocycles. The molecule has 3 heterocycles. The van der Waals surface area contributed by atoms with Gasteiger partial charge in [0.05, 0.1) is 33.5 Å². The summed E-state index contributed by atoms with van der Waals surface area (Å²) in [5.74, 6) is 0. The van der Waals surface area contributed by atoms with Gasteiger partial charge in [-0.1, -0.05) is 176 Å². The highest BCUT2D eigenvalue weighted by atomic mass is 15.0. The quantitative estimate of drug-likeness (QED) is 0.162. The summed E-state index contributed by atoms with van der Waals surface area (Å²) in [5, 5.41) is 14.5. The van der Waals surface area contributed by atoms with E-state index in [9.17, 15) is 0 Å². The minimum absolute atomic E-state index is 0.956. The van der Waals surface area contributed by atoms with Crippen LogP contribution in [0.4, 0.5) is 0 Å². The SMILES string of the molecule is c1ccc(-n2c3ccc(-c4ccccc4-c4ccc5c6ccccc6c6ccccc6c5n4)cc3c3cc(-c4ccccc4-c4ccc5c6ccccc6c6ccccc6c5n4)ccc32)cc1. The minimum Gasteiger partial charge on any atom is -0.309 e. The second kappa shape index (κ2) is 14.8. The highest BCUT2D eigenvalue weighted by molar-refractivity contribution is 6.25. The van der Waals surface area contributed by atoms with Crippen molar-refractivity contribution in [1.29, 1.82) is 0 Å². The van der Waals surface area contributed by atoms with Crippen molar-refractivity contribution >= 4 is 86.7 Å². The molecule has 0 radical (unpaired) electrons. The molecule has 0 N–H and O–H groups in total. The van der Waals surface area contributed by atoms with Gasteiger partial charge in [0, 0.05) is 49.1 Å². The summed E-state index contributed by atoms with van der Waals surface area (Å²) in [6.07, 6.45) is 0. The van der Waals surface area contributed by atoms with Crippen molar-refractivity contribution in [3.63, 3.8) is 0 Å². The van der Waals surface area contributed by atoms with Gasteiger partial charge in [-0.2, -0.15) is 0 Å². The Kier molecular flexibility index (Phi) is 8.28. The van der Waals surface area contributed by atoms with E-state index in [1.165, 1.54) is 64.6 Å². The van der Waals surface area contributed by atoms with Crippen molar-refractivity contribution in [3.8, 4) is 50.5 Å². The van der Waals surface area contributed by atoms with E-state index in [0.29, 0.717) is 0 Å². The molecule has 0 atom stereocenters. The number of benzene rings is 11. The second-order valence-corrected chi connectivity index (χ2v) is 17.6. The van der Waals surface area contributed by atoms with Crippen LogP contribution in [0.5, 0.6) is 0 Å². The molecule has 3 heteroatoms. The predicted molar refractivity (Wildman–Crippen MR) is 283 cm³/mol. The number of nitrogens with zero attached hydrogens (tertiary/aromatic N) is 3. The number of para-hydroxylation sites is 1. The van der Waals surface area contributed by atoms with Crippen molar-refractivity contribution in [3.05, 3.63) is 237 Å². The number of hydrogen-bond acceptors (Lipinski definition) is 2. The molecule has 11 aromatic carbocycles. The Bertz CT molecular complexity index is 4000. The first-order valence-electron chi connectivity index (χ1n) is 23.0. The van der Waals surface area contributed by atoms with Gasteiger partial charge in [-0.15, -0.1) is 0 Å². The smallest absolute Gasteiger partial charge is 0.0794 e. The molecule has 0 saturated carbocycles. The summed E-state index contributed by atoms with van der Waals surface area (Å²) in [4.78, 5) is 11.0. The van der Waals surface area contributed by atoms with Gasteiger partial charge in [-0.25, -0.2) is 9.97 Å². The van der Waals surface area contributed by atoms with E-state index in [1.807, 2.05) is 0 Å². The Morgan fingerprint density at radius 1 is 0.239 bits per heavy atom. The van der Waals surface area contributed by atoms with Crippen LogP contribution in [-0.4, -0.2) is 14.5 Å². The lowest BCUT2D eigenvalue weighted by Crippen LogP contribution is -1.94. The van der Waals surface area contributed by atoms with Crippen molar-refractivity contribution in [1.82, 2.24) is 14.5 Å². The number of rotatable bonds is 5. The van der Waals surface area contributed by atoms with Gasteiger partial charge in [-0.3, -0.25) is 0 Å². The molecule has 0 spiro atoms. The lowest BCUT2D eigenvalue weighted by atomic mass is 9.93. The first-order valence-corrected chi connectivity index (χ1v) is 23.0. The topological polar surface area (TPSA) is 30.7 Å². The number of pyridine rings is 2. The molecule has 14 aromatic rings. The minimum atomic E-state index is 0.956. The van der Waals surface area contributed by atoms with Crippen LogP contribution in [0, 0.1) is 0 Å². The Morgan fingerprint density at radius 2 is 0.567 bits per heavy atom. The summed E-state index contributed by atoms with van der Waals surface area (Å²) < 4.78 is 2.40. The molecule has 3 nitrogen and oxygen atoms in total. The van der Waals surface area contributed by atoms with Crippen LogP contribution in [0.3, 0.4) is 0 Å². The van der Waals surface area contributed by atoms with E-state index in [2.05, 4.69) is 241 Å². The first-order chi connectivity index (χ1) is 33.2. The Balaban J connectivity index is 0.949. The van der Waals surface area contributed by atoms with E-state index < -0.39 is 0 Å². The molecule has 0 amide bonds. The summed E-state index contributed by atoms with van der Waals surface area (Å²) >= 11 is 0. The normalized spacial score (nSPS) is 11.9. The van der Waals surface area contributed by atoms with E-state index in [1.54, 1.807) is 0 Å². The molecule has 0 fully saturated rings. The molecule has 3 aromatic heterocycles. The standard InChI is InChI=1S/C64H39N3/c1-2-16-42(17-3-1)67-61-36-30-40(43-18-4-12-26-51(43)59-34-32-55-49-24-8-6-20-45(49)47-22-10-14-28-53(47)63(55)65-59)38-57(61)58-39-41(31-37-62(58)67)44-19-5-13-27-52(44)60-35-33-56-50-25-9-7-21-46(50)48-23-11-15-29-54(48)64(56)66-60/h1-39H. The summed E-state index contributed by atoms with van der Waals surface area (Å²) in [6.45, 7) is 0. The van der Waals surface area contributed by atoms with Crippen LogP contribution in [0.15, 0.2) is 237 Å². The average Bonchev–Trinajstić information content (AvgIpc) is 3.74. The molecule has 0 bridgehead atoms. The molecular formula is C64H39N3. The second-order valence-electron chi connectivity index (χ2n) is 17.6. The molecular weight excluding hydrogens is 811 g/mol. The number of hydrogen-bond donors (Lipinski definition) is 0. The van der Waals surface area contributed by atoms with Crippen LogP contribution in [0.1, 0.15) is 0 Å². The zero-order valence-corrected chi connectivity index (χ0v) is 36.4. The van der Waals surface area contributed by atoms with Gasteiger partial charge < -0.3 is 4.57 Å². The zero-order valence-electron chi connectivity index (χ0n) is 36.4. The number of aromatic nitrogens is 3. The number of fused-ring (bicyclic) bond motifs is 15. The van der Waals surface area contributed by atoms with Gasteiger partial charge in [0.1, 0.15) is 0 Å². The maximum atomic E-state index is 5.48. The highest BCUT2D eigenvalue weighted by Crippen LogP contribution is 2.43. The van der Waals surface area contributed by atoms with Crippen molar-refractivity contribution in [2.75, 3.05) is 0 Å². The third kappa shape index (κ3) is 5.78. The van der Waals surface area contributed by atoms with Crippen LogP contribution in [-0.2, 0) is 0 Å². The molecule has 310 valence electrons. The van der Waals surface area contributed by atoms with Gasteiger partial charge in [0.2, 0.25) is 0 Å². The summed E-state index contributed by atoms with van der Waals surface area (Å²) in [5.41, 5.74) is 14.2. The maximum Gasteiger partial charge on any atom is 0.0794 e. The van der Waals surface area contributed by atoms with Crippen molar-refractivity contribution in [2.45, 2.75) is 0 Å². The van der Waals surface area contributed by atoms with Gasteiger partial charge in [0.15, 0.2) is 0 Å². The van der Waals surface area contributed by atoms with Gasteiger partial charge in [0.25, 0.3) is 0 Å². The maximum absolute atomic E-state index is 5.48. The van der Waals surface area contributed by atoms with Crippen molar-refractivity contribution in [2.24, 2.45) is 0 Å².